The maximum atomic E-state index is 14.2. The third-order valence-electron chi connectivity index (χ3n) is 5.36. The van der Waals surface area contributed by atoms with Crippen LogP contribution in [-0.2, 0) is 11.3 Å². The van der Waals surface area contributed by atoms with E-state index in [-0.39, 0.29) is 12.4 Å². The average Bonchev–Trinajstić information content (AvgIpc) is 3.44. The lowest BCUT2D eigenvalue weighted by Gasteiger charge is -2.37. The van der Waals surface area contributed by atoms with Gasteiger partial charge in [0.25, 0.3) is 0 Å². The zero-order valence-corrected chi connectivity index (χ0v) is 16.5. The third-order valence-corrected chi connectivity index (χ3v) is 5.36. The van der Waals surface area contributed by atoms with E-state index in [0.29, 0.717) is 17.2 Å². The number of rotatable bonds is 8. The fraction of sp³-hybridized carbons (Fsp3) is 0.455. The maximum Gasteiger partial charge on any atom is 0.330 e. The van der Waals surface area contributed by atoms with Gasteiger partial charge in [-0.1, -0.05) is 29.7 Å². The highest BCUT2D eigenvalue weighted by Gasteiger charge is 2.35. The van der Waals surface area contributed by atoms with E-state index in [1.54, 1.807) is 27.4 Å². The molecular weight excluding hydrogens is 342 g/mol. The molecule has 1 saturated carbocycles. The first-order valence-corrected chi connectivity index (χ1v) is 9.40. The molecule has 27 heavy (non-hydrogen) atoms. The summed E-state index contributed by atoms with van der Waals surface area (Å²) in [5.41, 5.74) is 0.827. The third kappa shape index (κ3) is 5.11. The van der Waals surface area contributed by atoms with Crippen LogP contribution in [0.4, 0.5) is 4.39 Å². The van der Waals surface area contributed by atoms with Crippen molar-refractivity contribution in [1.29, 1.82) is 0 Å². The summed E-state index contributed by atoms with van der Waals surface area (Å²) in [4.78, 5) is 0. The number of hydrogen-bond acceptors (Lipinski definition) is 3. The summed E-state index contributed by atoms with van der Waals surface area (Å²) in [6.45, 7) is 7.30. The molecule has 0 aromatic heterocycles. The first-order valence-electron chi connectivity index (χ1n) is 9.40. The molecular formula is C22H27BFO3. The van der Waals surface area contributed by atoms with Crippen molar-refractivity contribution < 1.29 is 18.9 Å². The van der Waals surface area contributed by atoms with Crippen LogP contribution >= 0.6 is 0 Å². The second-order valence-electron chi connectivity index (χ2n) is 8.29. The number of benzene rings is 2. The van der Waals surface area contributed by atoms with Gasteiger partial charge in [0.2, 0.25) is 0 Å². The highest BCUT2D eigenvalue weighted by Crippen LogP contribution is 2.40. The van der Waals surface area contributed by atoms with Gasteiger partial charge in [0.1, 0.15) is 18.2 Å². The van der Waals surface area contributed by atoms with Crippen LogP contribution in [0.1, 0.15) is 57.6 Å². The summed E-state index contributed by atoms with van der Waals surface area (Å²) >= 11 is 0. The van der Waals surface area contributed by atoms with Crippen LogP contribution in [0.5, 0.6) is 5.75 Å². The van der Waals surface area contributed by atoms with E-state index in [1.807, 2.05) is 50.2 Å². The largest absolute Gasteiger partial charge is 0.489 e. The molecule has 0 atom stereocenters. The van der Waals surface area contributed by atoms with Crippen molar-refractivity contribution >= 4 is 12.9 Å². The molecule has 1 aliphatic carbocycles. The van der Waals surface area contributed by atoms with Gasteiger partial charge < -0.3 is 14.5 Å². The Balaban J connectivity index is 1.53. The van der Waals surface area contributed by atoms with Crippen molar-refractivity contribution in [2.75, 3.05) is 0 Å². The second kappa shape index (κ2) is 7.65. The predicted molar refractivity (Wildman–Crippen MR) is 106 cm³/mol. The van der Waals surface area contributed by atoms with E-state index >= 15 is 0 Å². The maximum absolute atomic E-state index is 14.2. The first-order chi connectivity index (χ1) is 12.7. The van der Waals surface area contributed by atoms with E-state index < -0.39 is 11.2 Å². The Hall–Kier alpha value is -1.85. The van der Waals surface area contributed by atoms with Crippen LogP contribution in [0.25, 0.3) is 0 Å². The molecule has 0 bridgehead atoms. The Morgan fingerprint density at radius 3 is 2.30 bits per heavy atom. The Morgan fingerprint density at radius 2 is 1.74 bits per heavy atom. The summed E-state index contributed by atoms with van der Waals surface area (Å²) < 4.78 is 25.6. The number of aliphatic hydroxyl groups is 1. The van der Waals surface area contributed by atoms with Gasteiger partial charge in [0.15, 0.2) is 0 Å². The van der Waals surface area contributed by atoms with Gasteiger partial charge in [0, 0.05) is 5.56 Å². The van der Waals surface area contributed by atoms with E-state index in [0.717, 1.165) is 23.9 Å². The highest BCUT2D eigenvalue weighted by atomic mass is 19.1. The van der Waals surface area contributed by atoms with E-state index in [4.69, 9.17) is 9.39 Å². The molecule has 0 heterocycles. The quantitative estimate of drug-likeness (QED) is 0.713. The van der Waals surface area contributed by atoms with Crippen molar-refractivity contribution in [2.45, 2.75) is 64.3 Å². The molecule has 0 unspecified atom stereocenters. The Bertz CT molecular complexity index is 777. The molecule has 143 valence electrons. The standard InChI is InChI=1S/C22H27BFO3/c1-21(2,25)22(3,4)27-23-18-9-11-19(12-10-18)26-14-17-8-7-16(13-20(17)24)15-5-6-15/h7-13,15,25H,5-6,14H2,1-4H3. The van der Waals surface area contributed by atoms with Gasteiger partial charge in [-0.25, -0.2) is 4.39 Å². The number of ether oxygens (including phenoxy) is 1. The summed E-state index contributed by atoms with van der Waals surface area (Å²) in [6, 6.07) is 12.8. The molecule has 1 N–H and O–H groups in total. The molecule has 3 nitrogen and oxygen atoms in total. The van der Waals surface area contributed by atoms with Gasteiger partial charge in [-0.2, -0.15) is 0 Å². The van der Waals surface area contributed by atoms with Crippen LogP contribution in [0.2, 0.25) is 0 Å². The van der Waals surface area contributed by atoms with Crippen LogP contribution in [0.3, 0.4) is 0 Å². The van der Waals surface area contributed by atoms with Gasteiger partial charge in [-0.15, -0.1) is 0 Å². The monoisotopic (exact) mass is 369 g/mol. The zero-order valence-electron chi connectivity index (χ0n) is 16.5. The average molecular weight is 369 g/mol. The smallest absolute Gasteiger partial charge is 0.330 e. The lowest BCUT2D eigenvalue weighted by Crippen LogP contribution is -2.49. The first kappa shape index (κ1) is 19.9. The van der Waals surface area contributed by atoms with Crippen molar-refractivity contribution in [1.82, 2.24) is 0 Å². The molecule has 5 heteroatoms. The Kier molecular flexibility index (Phi) is 5.64. The molecule has 3 rings (SSSR count). The molecule has 0 spiro atoms. The topological polar surface area (TPSA) is 38.7 Å². The minimum Gasteiger partial charge on any atom is -0.489 e. The lowest BCUT2D eigenvalue weighted by molar-refractivity contribution is -0.0893. The van der Waals surface area contributed by atoms with E-state index in [1.165, 1.54) is 0 Å². The number of halogens is 1. The van der Waals surface area contributed by atoms with Gasteiger partial charge in [-0.05, 0) is 70.2 Å². The number of hydrogen-bond donors (Lipinski definition) is 1. The van der Waals surface area contributed by atoms with Gasteiger partial charge in [-0.3, -0.25) is 0 Å². The predicted octanol–water partition coefficient (Wildman–Crippen LogP) is 4.09. The molecule has 1 aliphatic rings. The van der Waals surface area contributed by atoms with Gasteiger partial charge >= 0.3 is 7.48 Å². The fourth-order valence-electron chi connectivity index (χ4n) is 2.51. The van der Waals surface area contributed by atoms with Crippen molar-refractivity contribution in [2.24, 2.45) is 0 Å². The zero-order chi connectivity index (χ0) is 19.7. The lowest BCUT2D eigenvalue weighted by atomic mass is 9.82. The van der Waals surface area contributed by atoms with E-state index in [2.05, 4.69) is 0 Å². The Morgan fingerprint density at radius 1 is 1.07 bits per heavy atom. The molecule has 2 aromatic carbocycles. The SMILES string of the molecule is CC(C)(O)C(C)(C)O[B]c1ccc(OCc2ccc(C3CC3)cc2F)cc1. The fourth-order valence-corrected chi connectivity index (χ4v) is 2.51. The molecule has 1 fully saturated rings. The molecule has 0 amide bonds. The Labute approximate surface area is 161 Å². The summed E-state index contributed by atoms with van der Waals surface area (Å²) in [6.07, 6.45) is 2.32. The normalized spacial score (nSPS) is 14.9. The van der Waals surface area contributed by atoms with Crippen molar-refractivity contribution in [3.63, 3.8) is 0 Å². The molecule has 0 aliphatic heterocycles. The highest BCUT2D eigenvalue weighted by molar-refractivity contribution is 6.47. The summed E-state index contributed by atoms with van der Waals surface area (Å²) in [5, 5.41) is 10.1. The summed E-state index contributed by atoms with van der Waals surface area (Å²) in [7, 11) is 1.62. The second-order valence-corrected chi connectivity index (χ2v) is 8.29. The van der Waals surface area contributed by atoms with Crippen molar-refractivity contribution in [3.05, 3.63) is 59.4 Å². The molecule has 1 radical (unpaired) electrons. The molecule has 0 saturated heterocycles. The van der Waals surface area contributed by atoms with E-state index in [9.17, 15) is 9.50 Å². The minimum absolute atomic E-state index is 0.197. The van der Waals surface area contributed by atoms with Crippen molar-refractivity contribution in [3.8, 4) is 5.75 Å². The van der Waals surface area contributed by atoms with Crippen LogP contribution in [-0.4, -0.2) is 23.8 Å². The van der Waals surface area contributed by atoms with Crippen LogP contribution in [0, 0.1) is 5.82 Å². The summed E-state index contributed by atoms with van der Waals surface area (Å²) in [5.74, 6) is 1.01. The van der Waals surface area contributed by atoms with Gasteiger partial charge in [0.05, 0.1) is 11.2 Å². The minimum atomic E-state index is -0.967. The van der Waals surface area contributed by atoms with Crippen LogP contribution < -0.4 is 10.2 Å². The molecule has 2 aromatic rings. The van der Waals surface area contributed by atoms with Crippen LogP contribution in [0.15, 0.2) is 42.5 Å².